The molecule has 0 unspecified atom stereocenters. The van der Waals surface area contributed by atoms with Gasteiger partial charge in [-0.05, 0) is 19.9 Å². The number of aromatic nitrogens is 2. The van der Waals surface area contributed by atoms with Gasteiger partial charge in [-0.2, -0.15) is 0 Å². The highest BCUT2D eigenvalue weighted by Crippen LogP contribution is 2.21. The van der Waals surface area contributed by atoms with Crippen LogP contribution in [0.5, 0.6) is 0 Å². The number of nitrogens with zero attached hydrogens (tertiary/aromatic N) is 3. The van der Waals surface area contributed by atoms with Crippen molar-refractivity contribution in [2.24, 2.45) is 0 Å². The number of thioether (sulfide) groups is 1. The van der Waals surface area contributed by atoms with E-state index in [9.17, 15) is 19.7 Å². The normalized spacial score (nSPS) is 10.4. The first-order valence-electron chi connectivity index (χ1n) is 6.85. The minimum absolute atomic E-state index is 0.0192. The molecule has 126 valence electrons. The summed E-state index contributed by atoms with van der Waals surface area (Å²) in [5.74, 6) is -0.0973. The number of benzene rings is 1. The van der Waals surface area contributed by atoms with E-state index in [1.165, 1.54) is 32.0 Å². The highest BCUT2D eigenvalue weighted by atomic mass is 32.2. The Kier molecular flexibility index (Phi) is 5.64. The summed E-state index contributed by atoms with van der Waals surface area (Å²) < 4.78 is 5.28. The molecule has 0 fully saturated rings. The van der Waals surface area contributed by atoms with E-state index in [0.29, 0.717) is 0 Å². The zero-order chi connectivity index (χ0) is 17.7. The predicted octanol–water partition coefficient (Wildman–Crippen LogP) is 1.90. The second-order valence-corrected chi connectivity index (χ2v) is 5.77. The molecule has 1 aromatic heterocycles. The number of nitro benzene ring substituents is 1. The third-order valence-corrected chi connectivity index (χ3v) is 3.96. The first-order valence-corrected chi connectivity index (χ1v) is 7.84. The number of hydrogen-bond donors (Lipinski definition) is 1. The Bertz CT molecular complexity index is 789. The molecule has 0 spiro atoms. The molecular formula is C14H14N4O5S. The second kappa shape index (κ2) is 7.68. The van der Waals surface area contributed by atoms with Gasteiger partial charge in [0.05, 0.1) is 17.2 Å². The molecule has 0 radical (unpaired) electrons. The first-order chi connectivity index (χ1) is 11.4. The van der Waals surface area contributed by atoms with Gasteiger partial charge in [0.1, 0.15) is 5.78 Å². The number of hydrogen-bond acceptors (Lipinski definition) is 8. The van der Waals surface area contributed by atoms with Gasteiger partial charge in [0.2, 0.25) is 5.89 Å². The van der Waals surface area contributed by atoms with Crippen molar-refractivity contribution in [1.82, 2.24) is 15.5 Å². The first kappa shape index (κ1) is 17.6. The number of nitro groups is 1. The van der Waals surface area contributed by atoms with Crippen LogP contribution < -0.4 is 5.32 Å². The highest BCUT2D eigenvalue weighted by Gasteiger charge is 2.18. The molecule has 2 rings (SSSR count). The molecule has 9 nitrogen and oxygen atoms in total. The van der Waals surface area contributed by atoms with Crippen molar-refractivity contribution in [1.29, 1.82) is 0 Å². The topological polar surface area (TPSA) is 128 Å². The van der Waals surface area contributed by atoms with Gasteiger partial charge in [-0.1, -0.05) is 17.8 Å². The SMILES string of the molecule is CC(=O)CSc1nnc(CNC(=O)c2cccc([N+](=O)[O-])c2C)o1. The minimum atomic E-state index is -0.539. The number of ketones is 1. The Morgan fingerprint density at radius 1 is 1.38 bits per heavy atom. The summed E-state index contributed by atoms with van der Waals surface area (Å²) in [7, 11) is 0. The Morgan fingerprint density at radius 3 is 2.79 bits per heavy atom. The van der Waals surface area contributed by atoms with Gasteiger partial charge in [-0.3, -0.25) is 19.7 Å². The summed E-state index contributed by atoms with van der Waals surface area (Å²) in [5, 5.41) is 21.2. The summed E-state index contributed by atoms with van der Waals surface area (Å²) >= 11 is 1.11. The molecule has 1 heterocycles. The van der Waals surface area contributed by atoms with Crippen LogP contribution in [0.4, 0.5) is 5.69 Å². The zero-order valence-corrected chi connectivity index (χ0v) is 13.8. The fraction of sp³-hybridized carbons (Fsp3) is 0.286. The maximum Gasteiger partial charge on any atom is 0.277 e. The van der Waals surface area contributed by atoms with Crippen molar-refractivity contribution in [3.63, 3.8) is 0 Å². The largest absolute Gasteiger partial charge is 0.414 e. The van der Waals surface area contributed by atoms with E-state index >= 15 is 0 Å². The van der Waals surface area contributed by atoms with Crippen LogP contribution in [0.3, 0.4) is 0 Å². The minimum Gasteiger partial charge on any atom is -0.414 e. The molecule has 0 bridgehead atoms. The van der Waals surface area contributed by atoms with E-state index in [0.717, 1.165) is 11.8 Å². The molecule has 0 aliphatic heterocycles. The van der Waals surface area contributed by atoms with Crippen LogP contribution in [0.15, 0.2) is 27.8 Å². The number of carbonyl (C=O) groups is 2. The van der Waals surface area contributed by atoms with Gasteiger partial charge < -0.3 is 9.73 Å². The number of amides is 1. The van der Waals surface area contributed by atoms with Gasteiger partial charge in [0.25, 0.3) is 16.8 Å². The van der Waals surface area contributed by atoms with Crippen molar-refractivity contribution >= 4 is 29.1 Å². The van der Waals surface area contributed by atoms with Crippen LogP contribution in [-0.2, 0) is 11.3 Å². The van der Waals surface area contributed by atoms with Crippen LogP contribution in [0.25, 0.3) is 0 Å². The lowest BCUT2D eigenvalue weighted by molar-refractivity contribution is -0.385. The second-order valence-electron chi connectivity index (χ2n) is 4.84. The lowest BCUT2D eigenvalue weighted by Crippen LogP contribution is -2.24. The van der Waals surface area contributed by atoms with Gasteiger partial charge in [-0.25, -0.2) is 0 Å². The summed E-state index contributed by atoms with van der Waals surface area (Å²) in [6.45, 7) is 2.94. The third kappa shape index (κ3) is 4.38. The van der Waals surface area contributed by atoms with Crippen LogP contribution in [-0.4, -0.2) is 32.6 Å². The molecule has 0 aliphatic carbocycles. The van der Waals surface area contributed by atoms with E-state index in [2.05, 4.69) is 15.5 Å². The van der Waals surface area contributed by atoms with Crippen LogP contribution in [0.1, 0.15) is 28.7 Å². The summed E-state index contributed by atoms with van der Waals surface area (Å²) in [6.07, 6.45) is 0. The molecule has 2 aromatic rings. The average molecular weight is 350 g/mol. The van der Waals surface area contributed by atoms with E-state index < -0.39 is 10.8 Å². The molecule has 24 heavy (non-hydrogen) atoms. The third-order valence-electron chi connectivity index (χ3n) is 2.99. The van der Waals surface area contributed by atoms with Crippen LogP contribution in [0, 0.1) is 17.0 Å². The molecule has 0 atom stereocenters. The Morgan fingerprint density at radius 2 is 2.12 bits per heavy atom. The highest BCUT2D eigenvalue weighted by molar-refractivity contribution is 7.99. The van der Waals surface area contributed by atoms with E-state index in [4.69, 9.17) is 4.42 Å². The maximum atomic E-state index is 12.2. The number of rotatable bonds is 7. The molecule has 10 heteroatoms. The molecule has 1 N–H and O–H groups in total. The van der Waals surface area contributed by atoms with Gasteiger partial charge in [-0.15, -0.1) is 10.2 Å². The summed E-state index contributed by atoms with van der Waals surface area (Å²) in [6, 6.07) is 4.28. The summed E-state index contributed by atoms with van der Waals surface area (Å²) in [4.78, 5) is 33.4. The van der Waals surface area contributed by atoms with Gasteiger partial charge in [0, 0.05) is 17.2 Å². The van der Waals surface area contributed by atoms with Crippen LogP contribution in [0.2, 0.25) is 0 Å². The molecule has 0 aliphatic rings. The monoisotopic (exact) mass is 350 g/mol. The van der Waals surface area contributed by atoms with Gasteiger partial charge >= 0.3 is 0 Å². The van der Waals surface area contributed by atoms with Crippen molar-refractivity contribution in [2.45, 2.75) is 25.6 Å². The van der Waals surface area contributed by atoms with Crippen LogP contribution >= 0.6 is 11.8 Å². The lowest BCUT2D eigenvalue weighted by atomic mass is 10.1. The van der Waals surface area contributed by atoms with Gasteiger partial charge in [0.15, 0.2) is 0 Å². The van der Waals surface area contributed by atoms with Crippen molar-refractivity contribution in [3.05, 3.63) is 45.3 Å². The van der Waals surface area contributed by atoms with Crippen molar-refractivity contribution in [3.8, 4) is 0 Å². The Hall–Kier alpha value is -2.75. The Balaban J connectivity index is 2.00. The smallest absolute Gasteiger partial charge is 0.277 e. The number of carbonyl (C=O) groups excluding carboxylic acids is 2. The number of Topliss-reactive ketones (excluding diaryl/α,β-unsaturated/α-hetero) is 1. The molecule has 0 saturated heterocycles. The van der Waals surface area contributed by atoms with E-state index in [1.54, 1.807) is 0 Å². The molecule has 1 aromatic carbocycles. The zero-order valence-electron chi connectivity index (χ0n) is 12.9. The maximum absolute atomic E-state index is 12.2. The average Bonchev–Trinajstić information content (AvgIpc) is 2.98. The quantitative estimate of drug-likeness (QED) is 0.455. The fourth-order valence-electron chi connectivity index (χ4n) is 1.85. The van der Waals surface area contributed by atoms with Crippen molar-refractivity contribution in [2.75, 3.05) is 5.75 Å². The molecule has 1 amide bonds. The standard InChI is InChI=1S/C14H14N4O5S/c1-8(19)7-24-14-17-16-12(23-14)6-15-13(20)10-4-3-5-11(9(10)2)18(21)22/h3-5H,6-7H2,1-2H3,(H,15,20). The Labute approximate surface area is 141 Å². The summed E-state index contributed by atoms with van der Waals surface area (Å²) in [5.41, 5.74) is 0.362. The fourth-order valence-corrected chi connectivity index (χ4v) is 2.43. The molecular weight excluding hydrogens is 336 g/mol. The predicted molar refractivity (Wildman–Crippen MR) is 84.7 cm³/mol. The van der Waals surface area contributed by atoms with E-state index in [1.807, 2.05) is 0 Å². The van der Waals surface area contributed by atoms with E-state index in [-0.39, 0.29) is 46.0 Å². The number of nitrogens with one attached hydrogen (secondary N) is 1. The lowest BCUT2D eigenvalue weighted by Gasteiger charge is -2.06. The van der Waals surface area contributed by atoms with Crippen molar-refractivity contribution < 1.29 is 18.9 Å². The molecule has 0 saturated carbocycles.